The first-order chi connectivity index (χ1) is 4.97. The molecule has 0 saturated heterocycles. The lowest BCUT2D eigenvalue weighted by atomic mass is 10.0. The van der Waals surface area contributed by atoms with Crippen molar-refractivity contribution >= 4 is 0 Å². The fourth-order valence-corrected chi connectivity index (χ4v) is 1.39. The Balaban J connectivity index is 2.14. The van der Waals surface area contributed by atoms with Gasteiger partial charge in [0.25, 0.3) is 0 Å². The van der Waals surface area contributed by atoms with E-state index in [1.54, 1.807) is 0 Å². The van der Waals surface area contributed by atoms with E-state index in [1.165, 1.54) is 5.57 Å². The van der Waals surface area contributed by atoms with Gasteiger partial charge in [-0.15, -0.1) is 0 Å². The van der Waals surface area contributed by atoms with Crippen LogP contribution in [0.5, 0.6) is 0 Å². The molecule has 2 rings (SSSR count). The zero-order valence-corrected chi connectivity index (χ0v) is 5.83. The molecule has 0 aliphatic heterocycles. The van der Waals surface area contributed by atoms with Gasteiger partial charge in [0.05, 0.1) is 0 Å². The average Bonchev–Trinajstić information content (AvgIpc) is 2.59. The molecule has 0 bridgehead atoms. The predicted octanol–water partition coefficient (Wildman–Crippen LogP) is 2.61. The molecule has 2 aliphatic rings. The molecule has 0 heteroatoms. The maximum Gasteiger partial charge on any atom is 0.0169 e. The Morgan fingerprint density at radius 1 is 1.10 bits per heavy atom. The minimum Gasteiger partial charge on any atom is -0.0804 e. The molecule has 0 nitrogen and oxygen atoms in total. The standard InChI is InChI=1S/C10H10/c1-2-6-9(5-1)10-7-3-4-8-10/h1-7,9H,8H2. The average molecular weight is 130 g/mol. The van der Waals surface area contributed by atoms with E-state index in [4.69, 9.17) is 0 Å². The zero-order chi connectivity index (χ0) is 6.81. The third-order valence-electron chi connectivity index (χ3n) is 1.98. The number of allylic oxidation sites excluding steroid dienone is 8. The van der Waals surface area contributed by atoms with Crippen LogP contribution in [-0.2, 0) is 0 Å². The highest BCUT2D eigenvalue weighted by Crippen LogP contribution is 2.25. The molecule has 0 amide bonds. The van der Waals surface area contributed by atoms with Gasteiger partial charge in [0, 0.05) is 5.92 Å². The van der Waals surface area contributed by atoms with Gasteiger partial charge in [0.15, 0.2) is 0 Å². The van der Waals surface area contributed by atoms with Crippen LogP contribution in [0.4, 0.5) is 0 Å². The molecule has 10 heavy (non-hydrogen) atoms. The van der Waals surface area contributed by atoms with Gasteiger partial charge < -0.3 is 0 Å². The SMILES string of the molecule is C1=CCC(C2C=CC=C2)=C1. The van der Waals surface area contributed by atoms with Crippen LogP contribution >= 0.6 is 0 Å². The molecule has 0 aromatic carbocycles. The topological polar surface area (TPSA) is 0 Å². The van der Waals surface area contributed by atoms with E-state index in [1.807, 2.05) is 0 Å². The Morgan fingerprint density at radius 3 is 2.50 bits per heavy atom. The molecule has 0 fully saturated rings. The van der Waals surface area contributed by atoms with E-state index < -0.39 is 0 Å². The maximum absolute atomic E-state index is 2.23. The summed E-state index contributed by atoms with van der Waals surface area (Å²) in [6, 6.07) is 0. The van der Waals surface area contributed by atoms with E-state index >= 15 is 0 Å². The van der Waals surface area contributed by atoms with Crippen LogP contribution in [0.3, 0.4) is 0 Å². The van der Waals surface area contributed by atoms with E-state index in [0.717, 1.165) is 6.42 Å². The van der Waals surface area contributed by atoms with Crippen LogP contribution in [0.15, 0.2) is 48.1 Å². The Labute approximate surface area is 61.3 Å². The van der Waals surface area contributed by atoms with Crippen molar-refractivity contribution in [3.05, 3.63) is 48.1 Å². The van der Waals surface area contributed by atoms with Gasteiger partial charge in [-0.05, 0) is 6.42 Å². The lowest BCUT2D eigenvalue weighted by molar-refractivity contribution is 0.948. The third-order valence-corrected chi connectivity index (χ3v) is 1.98. The van der Waals surface area contributed by atoms with Gasteiger partial charge in [-0.3, -0.25) is 0 Å². The molecule has 0 N–H and O–H groups in total. The van der Waals surface area contributed by atoms with Crippen LogP contribution < -0.4 is 0 Å². The Kier molecular flexibility index (Phi) is 1.31. The van der Waals surface area contributed by atoms with Gasteiger partial charge in [0.2, 0.25) is 0 Å². The van der Waals surface area contributed by atoms with Gasteiger partial charge in [-0.2, -0.15) is 0 Å². The van der Waals surface area contributed by atoms with Gasteiger partial charge in [0.1, 0.15) is 0 Å². The predicted molar refractivity (Wildman–Crippen MR) is 43.6 cm³/mol. The third kappa shape index (κ3) is 0.860. The molecule has 0 saturated carbocycles. The molecule has 0 aromatic heterocycles. The highest BCUT2D eigenvalue weighted by molar-refractivity contribution is 5.35. The van der Waals surface area contributed by atoms with Gasteiger partial charge in [-0.1, -0.05) is 48.1 Å². The van der Waals surface area contributed by atoms with E-state index in [9.17, 15) is 0 Å². The summed E-state index contributed by atoms with van der Waals surface area (Å²) in [6.07, 6.45) is 16.4. The molecule has 0 aromatic rings. The second-order valence-corrected chi connectivity index (χ2v) is 2.67. The van der Waals surface area contributed by atoms with Crippen LogP contribution in [0, 0.1) is 5.92 Å². The van der Waals surface area contributed by atoms with Crippen LogP contribution in [0.2, 0.25) is 0 Å². The quantitative estimate of drug-likeness (QED) is 0.512. The summed E-state index contributed by atoms with van der Waals surface area (Å²) < 4.78 is 0. The van der Waals surface area contributed by atoms with Crippen molar-refractivity contribution in [3.63, 3.8) is 0 Å². The minimum atomic E-state index is 0.593. The molecular formula is C10H10. The highest BCUT2D eigenvalue weighted by Gasteiger charge is 2.09. The second kappa shape index (κ2) is 2.30. The van der Waals surface area contributed by atoms with Crippen LogP contribution in [0.1, 0.15) is 6.42 Å². The fourth-order valence-electron chi connectivity index (χ4n) is 1.39. The monoisotopic (exact) mass is 130 g/mol. The normalized spacial score (nSPS) is 22.6. The summed E-state index contributed by atoms with van der Waals surface area (Å²) in [7, 11) is 0. The summed E-state index contributed by atoms with van der Waals surface area (Å²) in [5.41, 5.74) is 1.52. The highest BCUT2D eigenvalue weighted by atomic mass is 14.1. The number of hydrogen-bond donors (Lipinski definition) is 0. The van der Waals surface area contributed by atoms with Gasteiger partial charge >= 0.3 is 0 Å². The fraction of sp³-hybridized carbons (Fsp3) is 0.200. The zero-order valence-electron chi connectivity index (χ0n) is 5.83. The van der Waals surface area contributed by atoms with E-state index in [0.29, 0.717) is 5.92 Å². The smallest absolute Gasteiger partial charge is 0.0169 e. The summed E-state index contributed by atoms with van der Waals surface area (Å²) in [5.74, 6) is 0.593. The van der Waals surface area contributed by atoms with Crippen molar-refractivity contribution in [2.45, 2.75) is 6.42 Å². The van der Waals surface area contributed by atoms with Crippen LogP contribution in [0.25, 0.3) is 0 Å². The Morgan fingerprint density at radius 2 is 1.90 bits per heavy atom. The summed E-state index contributed by atoms with van der Waals surface area (Å²) in [6.45, 7) is 0. The Hall–Kier alpha value is -1.04. The van der Waals surface area contributed by atoms with E-state index in [2.05, 4.69) is 42.5 Å². The number of rotatable bonds is 1. The lowest BCUT2D eigenvalue weighted by Crippen LogP contribution is -1.91. The van der Waals surface area contributed by atoms with Crippen molar-refractivity contribution < 1.29 is 0 Å². The molecule has 0 spiro atoms. The summed E-state index contributed by atoms with van der Waals surface area (Å²) >= 11 is 0. The largest absolute Gasteiger partial charge is 0.0804 e. The van der Waals surface area contributed by atoms with Crippen molar-refractivity contribution in [3.8, 4) is 0 Å². The first-order valence-electron chi connectivity index (χ1n) is 3.67. The maximum atomic E-state index is 2.23. The molecule has 0 atom stereocenters. The second-order valence-electron chi connectivity index (χ2n) is 2.67. The minimum absolute atomic E-state index is 0.593. The number of hydrogen-bond acceptors (Lipinski definition) is 0. The van der Waals surface area contributed by atoms with Crippen molar-refractivity contribution in [2.24, 2.45) is 5.92 Å². The van der Waals surface area contributed by atoms with E-state index in [-0.39, 0.29) is 0 Å². The van der Waals surface area contributed by atoms with Gasteiger partial charge in [-0.25, -0.2) is 0 Å². The Bertz CT molecular complexity index is 227. The first-order valence-corrected chi connectivity index (χ1v) is 3.67. The summed E-state index contributed by atoms with van der Waals surface area (Å²) in [5, 5.41) is 0. The lowest BCUT2D eigenvalue weighted by Gasteiger charge is -2.04. The molecule has 0 unspecified atom stereocenters. The molecule has 0 radical (unpaired) electrons. The van der Waals surface area contributed by atoms with Crippen molar-refractivity contribution in [2.75, 3.05) is 0 Å². The molecular weight excluding hydrogens is 120 g/mol. The van der Waals surface area contributed by atoms with Crippen molar-refractivity contribution in [1.82, 2.24) is 0 Å². The first kappa shape index (κ1) is 5.72. The van der Waals surface area contributed by atoms with Crippen LogP contribution in [-0.4, -0.2) is 0 Å². The molecule has 0 heterocycles. The van der Waals surface area contributed by atoms with Crippen molar-refractivity contribution in [1.29, 1.82) is 0 Å². The summed E-state index contributed by atoms with van der Waals surface area (Å²) in [4.78, 5) is 0. The molecule has 50 valence electrons. The molecule has 2 aliphatic carbocycles.